The minimum atomic E-state index is 0.0264. The van der Waals surface area contributed by atoms with E-state index in [-0.39, 0.29) is 5.78 Å². The van der Waals surface area contributed by atoms with E-state index in [0.29, 0.717) is 24.6 Å². The van der Waals surface area contributed by atoms with Crippen LogP contribution in [0.3, 0.4) is 0 Å². The minimum Gasteiger partial charge on any atom is -0.493 e. The second-order valence-electron chi connectivity index (χ2n) is 6.59. The number of carbonyl (C=O) groups excluding carboxylic acids is 1. The number of halogens is 1. The summed E-state index contributed by atoms with van der Waals surface area (Å²) in [6.07, 6.45) is 3.63. The number of hydrogen-bond acceptors (Lipinski definition) is 3. The molecule has 3 rings (SSSR count). The van der Waals surface area contributed by atoms with E-state index in [2.05, 4.69) is 45.4 Å². The zero-order valence-corrected chi connectivity index (χ0v) is 16.2. The van der Waals surface area contributed by atoms with Gasteiger partial charge >= 0.3 is 0 Å². The fraction of sp³-hybridized carbons (Fsp3) is 0.300. The Morgan fingerprint density at radius 1 is 1.28 bits per heavy atom. The third-order valence-corrected chi connectivity index (χ3v) is 4.44. The Morgan fingerprint density at radius 2 is 2.08 bits per heavy atom. The van der Waals surface area contributed by atoms with Gasteiger partial charge in [-0.1, -0.05) is 29.8 Å². The normalized spacial score (nSPS) is 11.2. The Bertz CT molecular complexity index is 915. The van der Waals surface area contributed by atoms with Crippen molar-refractivity contribution in [3.63, 3.8) is 0 Å². The lowest BCUT2D eigenvalue weighted by Gasteiger charge is -2.14. The lowest BCUT2D eigenvalue weighted by atomic mass is 10.2. The quantitative estimate of drug-likeness (QED) is 0.541. The maximum Gasteiger partial charge on any atom is 0.161 e. The molecular formula is C20H21BrN2O2. The molecule has 0 bridgehead atoms. The largest absolute Gasteiger partial charge is 0.493 e. The van der Waals surface area contributed by atoms with E-state index in [1.54, 1.807) is 13.1 Å². The summed E-state index contributed by atoms with van der Waals surface area (Å²) in [6, 6.07) is 9.93. The molecule has 0 radical (unpaired) electrons. The lowest BCUT2D eigenvalue weighted by Crippen LogP contribution is -2.08. The van der Waals surface area contributed by atoms with Crippen LogP contribution in [0.2, 0.25) is 0 Å². The van der Waals surface area contributed by atoms with Crippen LogP contribution >= 0.6 is 15.9 Å². The van der Waals surface area contributed by atoms with Gasteiger partial charge in [0.25, 0.3) is 0 Å². The van der Waals surface area contributed by atoms with Gasteiger partial charge in [0.2, 0.25) is 0 Å². The molecule has 130 valence electrons. The first kappa shape index (κ1) is 17.7. The molecule has 0 amide bonds. The first-order valence-corrected chi connectivity index (χ1v) is 9.10. The Hall–Kier alpha value is -2.14. The highest BCUT2D eigenvalue weighted by Crippen LogP contribution is 2.26. The number of Topliss-reactive ketones (excluding diaryl/α,β-unsaturated/α-hetero) is 1. The van der Waals surface area contributed by atoms with E-state index in [1.165, 1.54) is 0 Å². The zero-order valence-electron chi connectivity index (χ0n) is 14.6. The molecule has 0 fully saturated rings. The van der Waals surface area contributed by atoms with E-state index >= 15 is 0 Å². The summed E-state index contributed by atoms with van der Waals surface area (Å²) >= 11 is 3.54. The molecule has 0 saturated carbocycles. The second kappa shape index (κ2) is 7.40. The van der Waals surface area contributed by atoms with Gasteiger partial charge < -0.3 is 9.30 Å². The van der Waals surface area contributed by atoms with Crippen LogP contribution in [0.15, 0.2) is 47.2 Å². The molecule has 1 aromatic carbocycles. The standard InChI is InChI=1S/C20H21BrN2O2/c1-13(2)12-25-19-5-4-18(21)9-17(19)11-23-7-6-15-8-16(14(3)24)10-22-20(15)23/h4-10,13H,11-12H2,1-3H3. The molecule has 0 aliphatic carbocycles. The van der Waals surface area contributed by atoms with E-state index in [4.69, 9.17) is 4.74 Å². The van der Waals surface area contributed by atoms with Gasteiger partial charge in [-0.05, 0) is 43.2 Å². The van der Waals surface area contributed by atoms with Crippen LogP contribution in [-0.2, 0) is 6.54 Å². The van der Waals surface area contributed by atoms with Crippen molar-refractivity contribution in [1.29, 1.82) is 0 Å². The summed E-state index contributed by atoms with van der Waals surface area (Å²) in [5, 5.41) is 0.965. The van der Waals surface area contributed by atoms with Crippen molar-refractivity contribution in [2.24, 2.45) is 5.92 Å². The average molecular weight is 401 g/mol. The van der Waals surface area contributed by atoms with Gasteiger partial charge in [0, 0.05) is 33.4 Å². The monoisotopic (exact) mass is 400 g/mol. The molecule has 2 heterocycles. The molecule has 5 heteroatoms. The number of benzene rings is 1. The van der Waals surface area contributed by atoms with Crippen molar-refractivity contribution < 1.29 is 9.53 Å². The Morgan fingerprint density at radius 3 is 2.80 bits per heavy atom. The molecule has 2 aromatic heterocycles. The molecule has 0 spiro atoms. The van der Waals surface area contributed by atoms with E-state index in [0.717, 1.165) is 26.8 Å². The van der Waals surface area contributed by atoms with Crippen LogP contribution in [0.25, 0.3) is 11.0 Å². The van der Waals surface area contributed by atoms with Crippen LogP contribution in [0.4, 0.5) is 0 Å². The summed E-state index contributed by atoms with van der Waals surface area (Å²) < 4.78 is 9.05. The number of pyridine rings is 1. The zero-order chi connectivity index (χ0) is 18.0. The highest BCUT2D eigenvalue weighted by Gasteiger charge is 2.10. The highest BCUT2D eigenvalue weighted by molar-refractivity contribution is 9.10. The first-order chi connectivity index (χ1) is 11.9. The van der Waals surface area contributed by atoms with Gasteiger partial charge in [-0.2, -0.15) is 0 Å². The number of ether oxygens (including phenoxy) is 1. The number of aromatic nitrogens is 2. The van der Waals surface area contributed by atoms with Crippen molar-refractivity contribution in [2.45, 2.75) is 27.3 Å². The maximum absolute atomic E-state index is 11.5. The summed E-state index contributed by atoms with van der Waals surface area (Å²) in [6.45, 7) is 7.16. The molecule has 0 atom stereocenters. The van der Waals surface area contributed by atoms with Gasteiger partial charge in [-0.15, -0.1) is 0 Å². The minimum absolute atomic E-state index is 0.0264. The number of fused-ring (bicyclic) bond motifs is 1. The SMILES string of the molecule is CC(=O)c1cnc2c(ccn2Cc2cc(Br)ccc2OCC(C)C)c1. The van der Waals surface area contributed by atoms with Crippen LogP contribution in [0.1, 0.15) is 36.7 Å². The molecule has 0 aliphatic heterocycles. The fourth-order valence-electron chi connectivity index (χ4n) is 2.65. The van der Waals surface area contributed by atoms with Crippen molar-refractivity contribution in [1.82, 2.24) is 9.55 Å². The molecule has 0 unspecified atom stereocenters. The number of ketones is 1. The van der Waals surface area contributed by atoms with Gasteiger partial charge in [0.1, 0.15) is 11.4 Å². The Kier molecular flexibility index (Phi) is 5.23. The fourth-order valence-corrected chi connectivity index (χ4v) is 3.06. The van der Waals surface area contributed by atoms with Crippen molar-refractivity contribution in [3.05, 3.63) is 58.3 Å². The van der Waals surface area contributed by atoms with E-state index < -0.39 is 0 Å². The lowest BCUT2D eigenvalue weighted by molar-refractivity contribution is 0.101. The predicted molar refractivity (Wildman–Crippen MR) is 103 cm³/mol. The molecular weight excluding hydrogens is 380 g/mol. The van der Waals surface area contributed by atoms with Crippen LogP contribution in [-0.4, -0.2) is 21.9 Å². The third-order valence-electron chi connectivity index (χ3n) is 3.94. The second-order valence-corrected chi connectivity index (χ2v) is 7.51. The molecule has 4 nitrogen and oxygen atoms in total. The van der Waals surface area contributed by atoms with Gasteiger partial charge in [-0.3, -0.25) is 4.79 Å². The van der Waals surface area contributed by atoms with Crippen molar-refractivity contribution >= 4 is 32.7 Å². The van der Waals surface area contributed by atoms with Crippen LogP contribution in [0, 0.1) is 5.92 Å². The van der Waals surface area contributed by atoms with Crippen LogP contribution in [0.5, 0.6) is 5.75 Å². The molecule has 25 heavy (non-hydrogen) atoms. The molecule has 3 aromatic rings. The first-order valence-electron chi connectivity index (χ1n) is 8.31. The van der Waals surface area contributed by atoms with Crippen LogP contribution < -0.4 is 4.74 Å². The third kappa shape index (κ3) is 4.10. The van der Waals surface area contributed by atoms with Crippen molar-refractivity contribution in [2.75, 3.05) is 6.61 Å². The van der Waals surface area contributed by atoms with Gasteiger partial charge in [0.15, 0.2) is 5.78 Å². The smallest absolute Gasteiger partial charge is 0.161 e. The topological polar surface area (TPSA) is 44.1 Å². The predicted octanol–water partition coefficient (Wildman–Crippen LogP) is 5.08. The molecule has 0 saturated heterocycles. The number of carbonyl (C=O) groups is 1. The molecule has 0 aliphatic rings. The molecule has 0 N–H and O–H groups in total. The van der Waals surface area contributed by atoms with E-state index in [9.17, 15) is 4.79 Å². The number of rotatable bonds is 6. The van der Waals surface area contributed by atoms with Crippen molar-refractivity contribution in [3.8, 4) is 5.75 Å². The Balaban J connectivity index is 1.93. The summed E-state index contributed by atoms with van der Waals surface area (Å²) in [7, 11) is 0. The average Bonchev–Trinajstić information content (AvgIpc) is 2.96. The maximum atomic E-state index is 11.5. The van der Waals surface area contributed by atoms with Gasteiger partial charge in [-0.25, -0.2) is 4.98 Å². The van der Waals surface area contributed by atoms with E-state index in [1.807, 2.05) is 30.5 Å². The number of hydrogen-bond donors (Lipinski definition) is 0. The summed E-state index contributed by atoms with van der Waals surface area (Å²) in [5.41, 5.74) is 2.58. The Labute approximate surface area is 156 Å². The summed E-state index contributed by atoms with van der Waals surface area (Å²) in [4.78, 5) is 16.0. The highest BCUT2D eigenvalue weighted by atomic mass is 79.9. The summed E-state index contributed by atoms with van der Waals surface area (Å²) in [5.74, 6) is 1.38. The number of nitrogens with zero attached hydrogens (tertiary/aromatic N) is 2. The van der Waals surface area contributed by atoms with Gasteiger partial charge in [0.05, 0.1) is 13.2 Å².